The van der Waals surface area contributed by atoms with Crippen molar-refractivity contribution in [3.05, 3.63) is 62.5 Å². The van der Waals surface area contributed by atoms with Gasteiger partial charge in [-0.25, -0.2) is 0 Å². The Bertz CT molecular complexity index is 629. The number of carbonyl (C=O) groups is 1. The van der Waals surface area contributed by atoms with Crippen molar-refractivity contribution in [2.45, 2.75) is 6.54 Å². The van der Waals surface area contributed by atoms with Crippen molar-refractivity contribution in [1.82, 2.24) is 5.32 Å². The number of anilines is 1. The van der Waals surface area contributed by atoms with Gasteiger partial charge in [-0.1, -0.05) is 57.3 Å². The van der Waals surface area contributed by atoms with Gasteiger partial charge in [-0.15, -0.1) is 0 Å². The van der Waals surface area contributed by atoms with Crippen molar-refractivity contribution in [1.29, 1.82) is 0 Å². The fourth-order valence-electron chi connectivity index (χ4n) is 1.77. The Morgan fingerprint density at radius 2 is 1.76 bits per heavy atom. The molecule has 110 valence electrons. The Balaban J connectivity index is 1.85. The summed E-state index contributed by atoms with van der Waals surface area (Å²) in [6, 6.07) is 13.0. The van der Waals surface area contributed by atoms with E-state index in [1.165, 1.54) is 0 Å². The first-order valence-corrected chi connectivity index (χ1v) is 7.80. The number of carbonyl (C=O) groups excluding carboxylic acids is 1. The van der Waals surface area contributed by atoms with Crippen LogP contribution in [0.4, 0.5) is 5.69 Å². The number of hydrogen-bond acceptors (Lipinski definition) is 2. The van der Waals surface area contributed by atoms with Crippen LogP contribution in [0.1, 0.15) is 5.56 Å². The highest BCUT2D eigenvalue weighted by atomic mass is 79.9. The molecule has 6 heteroatoms. The molecule has 2 aromatic rings. The maximum atomic E-state index is 11.9. The monoisotopic (exact) mass is 386 g/mol. The summed E-state index contributed by atoms with van der Waals surface area (Å²) in [5.74, 6) is -0.194. The predicted molar refractivity (Wildman–Crippen MR) is 90.9 cm³/mol. The molecule has 2 N–H and O–H groups in total. The van der Waals surface area contributed by atoms with Crippen molar-refractivity contribution in [3.8, 4) is 0 Å². The number of amides is 1. The lowest BCUT2D eigenvalue weighted by Crippen LogP contribution is -2.27. The van der Waals surface area contributed by atoms with E-state index in [0.717, 1.165) is 10.0 Å². The van der Waals surface area contributed by atoms with E-state index < -0.39 is 0 Å². The van der Waals surface area contributed by atoms with Gasteiger partial charge in [0.2, 0.25) is 5.91 Å². The zero-order chi connectivity index (χ0) is 15.2. The first-order valence-electron chi connectivity index (χ1n) is 6.25. The average molecular weight is 388 g/mol. The number of nitrogens with one attached hydrogen (secondary N) is 2. The Labute approximate surface area is 141 Å². The molecule has 1 amide bonds. The van der Waals surface area contributed by atoms with Gasteiger partial charge in [-0.05, 0) is 29.8 Å². The summed E-state index contributed by atoms with van der Waals surface area (Å²) in [6.45, 7) is 0.775. The molecule has 0 unspecified atom stereocenters. The van der Waals surface area contributed by atoms with Crippen LogP contribution < -0.4 is 10.6 Å². The lowest BCUT2D eigenvalue weighted by Gasteiger charge is -2.10. The minimum atomic E-state index is -0.194. The Morgan fingerprint density at radius 1 is 1.10 bits per heavy atom. The molecule has 2 rings (SSSR count). The third kappa shape index (κ3) is 5.00. The van der Waals surface area contributed by atoms with E-state index in [0.29, 0.717) is 22.3 Å². The highest BCUT2D eigenvalue weighted by molar-refractivity contribution is 9.10. The van der Waals surface area contributed by atoms with Gasteiger partial charge >= 0.3 is 0 Å². The molecule has 0 radical (unpaired) electrons. The van der Waals surface area contributed by atoms with E-state index in [2.05, 4.69) is 26.6 Å². The first kappa shape index (κ1) is 16.3. The molecule has 0 aliphatic carbocycles. The molecule has 0 fully saturated rings. The zero-order valence-electron chi connectivity index (χ0n) is 11.0. The zero-order valence-corrected chi connectivity index (χ0v) is 14.1. The van der Waals surface area contributed by atoms with E-state index in [1.807, 2.05) is 24.3 Å². The number of hydrogen-bond donors (Lipinski definition) is 2. The fraction of sp³-hybridized carbons (Fsp3) is 0.133. The van der Waals surface area contributed by atoms with Crippen LogP contribution in [0, 0.1) is 0 Å². The SMILES string of the molecule is O=C(CNCc1cccc(Br)c1)Nc1c(Cl)cccc1Cl. The van der Waals surface area contributed by atoms with Crippen LogP contribution in [0.3, 0.4) is 0 Å². The van der Waals surface area contributed by atoms with Crippen molar-refractivity contribution in [3.63, 3.8) is 0 Å². The maximum absolute atomic E-state index is 11.9. The molecule has 0 bridgehead atoms. The third-order valence-corrected chi connectivity index (χ3v) is 3.85. The van der Waals surface area contributed by atoms with Crippen LogP contribution in [-0.4, -0.2) is 12.5 Å². The molecule has 0 aliphatic heterocycles. The van der Waals surface area contributed by atoms with Gasteiger partial charge in [0.25, 0.3) is 0 Å². The average Bonchev–Trinajstić information content (AvgIpc) is 2.43. The molecule has 0 heterocycles. The summed E-state index contributed by atoms with van der Waals surface area (Å²) in [5, 5.41) is 6.61. The molecule has 0 saturated heterocycles. The van der Waals surface area contributed by atoms with Crippen LogP contribution in [0.5, 0.6) is 0 Å². The van der Waals surface area contributed by atoms with Gasteiger partial charge in [-0.3, -0.25) is 4.79 Å². The number of rotatable bonds is 5. The highest BCUT2D eigenvalue weighted by Gasteiger charge is 2.09. The standard InChI is InChI=1S/C15H13BrCl2N2O/c16-11-4-1-3-10(7-11)8-19-9-14(21)20-15-12(17)5-2-6-13(15)18/h1-7,19H,8-9H2,(H,20,21). The molecule has 3 nitrogen and oxygen atoms in total. The van der Waals surface area contributed by atoms with Crippen molar-refractivity contribution >= 4 is 50.7 Å². The summed E-state index contributed by atoms with van der Waals surface area (Å²) >= 11 is 15.4. The normalized spacial score (nSPS) is 10.4. The molecule has 21 heavy (non-hydrogen) atoms. The number of halogens is 3. The van der Waals surface area contributed by atoms with Crippen molar-refractivity contribution < 1.29 is 4.79 Å². The van der Waals surface area contributed by atoms with E-state index >= 15 is 0 Å². The lowest BCUT2D eigenvalue weighted by molar-refractivity contribution is -0.115. The minimum Gasteiger partial charge on any atom is -0.322 e. The number of para-hydroxylation sites is 1. The van der Waals surface area contributed by atoms with Gasteiger partial charge in [-0.2, -0.15) is 0 Å². The minimum absolute atomic E-state index is 0.175. The van der Waals surface area contributed by atoms with Gasteiger partial charge in [0, 0.05) is 11.0 Å². The van der Waals surface area contributed by atoms with Gasteiger partial charge in [0.1, 0.15) is 0 Å². The Hall–Kier alpha value is -1.07. The van der Waals surface area contributed by atoms with Crippen LogP contribution in [0.2, 0.25) is 10.0 Å². The second kappa shape index (κ2) is 7.80. The Kier molecular flexibility index (Phi) is 6.06. The first-order chi connectivity index (χ1) is 10.1. The molecule has 0 aromatic heterocycles. The lowest BCUT2D eigenvalue weighted by atomic mass is 10.2. The quantitative estimate of drug-likeness (QED) is 0.793. The summed E-state index contributed by atoms with van der Waals surface area (Å²) in [4.78, 5) is 11.9. The van der Waals surface area contributed by atoms with E-state index in [-0.39, 0.29) is 12.5 Å². The van der Waals surface area contributed by atoms with Crippen LogP contribution in [0.15, 0.2) is 46.9 Å². The molecular formula is C15H13BrCl2N2O. The topological polar surface area (TPSA) is 41.1 Å². The second-order valence-corrected chi connectivity index (χ2v) is 6.11. The molecule has 0 saturated carbocycles. The maximum Gasteiger partial charge on any atom is 0.238 e. The highest BCUT2D eigenvalue weighted by Crippen LogP contribution is 2.29. The van der Waals surface area contributed by atoms with Crippen LogP contribution in [0.25, 0.3) is 0 Å². The molecule has 0 aliphatic rings. The number of benzene rings is 2. The summed E-state index contributed by atoms with van der Waals surface area (Å²) in [5.41, 5.74) is 1.53. The van der Waals surface area contributed by atoms with Gasteiger partial charge in [0.05, 0.1) is 22.3 Å². The molecule has 0 atom stereocenters. The van der Waals surface area contributed by atoms with Gasteiger partial charge < -0.3 is 10.6 Å². The Morgan fingerprint density at radius 3 is 2.43 bits per heavy atom. The van der Waals surface area contributed by atoms with Crippen LogP contribution in [-0.2, 0) is 11.3 Å². The summed E-state index contributed by atoms with van der Waals surface area (Å²) in [6.07, 6.45) is 0. The van der Waals surface area contributed by atoms with Crippen LogP contribution >= 0.6 is 39.1 Å². The summed E-state index contributed by atoms with van der Waals surface area (Å²) in [7, 11) is 0. The van der Waals surface area contributed by atoms with Crippen molar-refractivity contribution in [2.75, 3.05) is 11.9 Å². The largest absolute Gasteiger partial charge is 0.322 e. The molecule has 2 aromatic carbocycles. The van der Waals surface area contributed by atoms with Crippen molar-refractivity contribution in [2.24, 2.45) is 0 Å². The smallest absolute Gasteiger partial charge is 0.238 e. The van der Waals surface area contributed by atoms with Gasteiger partial charge in [0.15, 0.2) is 0 Å². The predicted octanol–water partition coefficient (Wildman–Crippen LogP) is 4.48. The van der Waals surface area contributed by atoms with E-state index in [4.69, 9.17) is 23.2 Å². The summed E-state index contributed by atoms with van der Waals surface area (Å²) < 4.78 is 1.01. The fourth-order valence-corrected chi connectivity index (χ4v) is 2.71. The molecule has 0 spiro atoms. The third-order valence-electron chi connectivity index (χ3n) is 2.73. The second-order valence-electron chi connectivity index (χ2n) is 4.38. The van der Waals surface area contributed by atoms with E-state index in [1.54, 1.807) is 18.2 Å². The van der Waals surface area contributed by atoms with E-state index in [9.17, 15) is 4.79 Å². The molecular weight excluding hydrogens is 375 g/mol.